The lowest BCUT2D eigenvalue weighted by Gasteiger charge is -2.33. The summed E-state index contributed by atoms with van der Waals surface area (Å²) in [6.07, 6.45) is 0. The molecule has 0 atom stereocenters. The third kappa shape index (κ3) is 2.30. The minimum Gasteiger partial charge on any atom is -0.410 e. The van der Waals surface area contributed by atoms with Gasteiger partial charge in [-0.1, -0.05) is 21.1 Å². The Kier molecular flexibility index (Phi) is 3.27. The fourth-order valence-corrected chi connectivity index (χ4v) is 1.81. The first-order valence-corrected chi connectivity index (χ1v) is 5.75. The number of nitrogens with one attached hydrogen (secondary N) is 1. The topological polar surface area (TPSA) is 122 Å². The summed E-state index contributed by atoms with van der Waals surface area (Å²) in [5.74, 6) is -4.15. The van der Waals surface area contributed by atoms with E-state index in [4.69, 9.17) is 5.21 Å². The van der Waals surface area contributed by atoms with Crippen LogP contribution in [0.2, 0.25) is 0 Å². The van der Waals surface area contributed by atoms with Gasteiger partial charge in [-0.05, 0) is 24.3 Å². The quantitative estimate of drug-likeness (QED) is 0.327. The molecule has 9 heteroatoms. The zero-order valence-corrected chi connectivity index (χ0v) is 10.8. The van der Waals surface area contributed by atoms with E-state index in [1.807, 2.05) is 0 Å². The van der Waals surface area contributed by atoms with Gasteiger partial charge in [0.2, 0.25) is 5.71 Å². The molecule has 1 heterocycles. The Labute approximate surface area is 115 Å². The zero-order valence-electron chi connectivity index (χ0n) is 9.24. The van der Waals surface area contributed by atoms with Gasteiger partial charge in [0.05, 0.1) is 5.69 Å². The summed E-state index contributed by atoms with van der Waals surface area (Å²) >= 11 is 3.20. The predicted molar refractivity (Wildman–Crippen MR) is 66.5 cm³/mol. The fourth-order valence-electron chi connectivity index (χ4n) is 1.55. The van der Waals surface area contributed by atoms with Gasteiger partial charge < -0.3 is 15.4 Å². The van der Waals surface area contributed by atoms with Gasteiger partial charge >= 0.3 is 11.9 Å². The molecule has 4 N–H and O–H groups in total. The molecule has 0 aromatic heterocycles. The number of benzene rings is 1. The van der Waals surface area contributed by atoms with Gasteiger partial charge in [-0.2, -0.15) is 0 Å². The second-order valence-electron chi connectivity index (χ2n) is 3.67. The van der Waals surface area contributed by atoms with Crippen LogP contribution in [0.25, 0.3) is 0 Å². The molecule has 3 amide bonds. The van der Waals surface area contributed by atoms with Crippen molar-refractivity contribution in [2.45, 2.75) is 5.91 Å². The maximum atomic E-state index is 11.9. The van der Waals surface area contributed by atoms with Gasteiger partial charge in [-0.25, -0.2) is 9.69 Å². The smallest absolute Gasteiger partial charge is 0.333 e. The van der Waals surface area contributed by atoms with E-state index in [2.05, 4.69) is 21.1 Å². The first-order chi connectivity index (χ1) is 8.86. The van der Waals surface area contributed by atoms with Gasteiger partial charge in [0, 0.05) is 4.47 Å². The van der Waals surface area contributed by atoms with E-state index in [9.17, 15) is 19.8 Å². The zero-order chi connectivity index (χ0) is 14.2. The normalized spacial score (nSPS) is 20.6. The van der Waals surface area contributed by atoms with Crippen molar-refractivity contribution in [3.63, 3.8) is 0 Å². The summed E-state index contributed by atoms with van der Waals surface area (Å²) in [6, 6.07) is 5.04. The average Bonchev–Trinajstić information content (AvgIpc) is 2.30. The van der Waals surface area contributed by atoms with Crippen LogP contribution in [0.4, 0.5) is 10.5 Å². The second-order valence-corrected chi connectivity index (χ2v) is 4.58. The van der Waals surface area contributed by atoms with E-state index in [1.54, 1.807) is 17.4 Å². The van der Waals surface area contributed by atoms with Crippen molar-refractivity contribution >= 4 is 39.3 Å². The maximum Gasteiger partial charge on any atom is 0.333 e. The standard InChI is InChI=1S/C10H8BrN3O5/c11-5-1-3-6(4-2-5)14-8(15)7(13-19)10(17,18)12-9(14)16/h1-4,17-19H,(H,12,16)/b13-7+. The lowest BCUT2D eigenvalue weighted by molar-refractivity contribution is -0.132. The number of imide groups is 1. The van der Waals surface area contributed by atoms with E-state index < -0.39 is 23.6 Å². The van der Waals surface area contributed by atoms with E-state index in [1.165, 1.54) is 12.1 Å². The minimum atomic E-state index is -3.01. The monoisotopic (exact) mass is 329 g/mol. The third-order valence-electron chi connectivity index (χ3n) is 2.41. The van der Waals surface area contributed by atoms with E-state index in [0.717, 1.165) is 4.47 Å². The average molecular weight is 330 g/mol. The van der Waals surface area contributed by atoms with Crippen LogP contribution in [0.5, 0.6) is 0 Å². The van der Waals surface area contributed by atoms with Gasteiger partial charge in [-0.15, -0.1) is 0 Å². The molecular formula is C10H8BrN3O5. The van der Waals surface area contributed by atoms with Gasteiger partial charge in [0.1, 0.15) is 0 Å². The second kappa shape index (κ2) is 4.61. The van der Waals surface area contributed by atoms with Gasteiger partial charge in [0.25, 0.3) is 5.91 Å². The van der Waals surface area contributed by atoms with Crippen LogP contribution < -0.4 is 10.2 Å². The van der Waals surface area contributed by atoms with Gasteiger partial charge in [0.15, 0.2) is 0 Å². The lowest BCUT2D eigenvalue weighted by Crippen LogP contribution is -2.68. The van der Waals surface area contributed by atoms with Crippen molar-refractivity contribution in [3.05, 3.63) is 28.7 Å². The largest absolute Gasteiger partial charge is 0.410 e. The molecular weight excluding hydrogens is 322 g/mol. The summed E-state index contributed by atoms with van der Waals surface area (Å²) in [7, 11) is 0. The number of oxime groups is 1. The summed E-state index contributed by atoms with van der Waals surface area (Å²) in [4.78, 5) is 24.2. The van der Waals surface area contributed by atoms with Crippen LogP contribution in [0, 0.1) is 0 Å². The number of nitrogens with zero attached hydrogens (tertiary/aromatic N) is 2. The Morgan fingerprint density at radius 2 is 1.79 bits per heavy atom. The minimum absolute atomic E-state index is 0.183. The molecule has 1 aliphatic heterocycles. The molecule has 100 valence electrons. The Morgan fingerprint density at radius 1 is 1.21 bits per heavy atom. The highest BCUT2D eigenvalue weighted by molar-refractivity contribution is 9.10. The van der Waals surface area contributed by atoms with Crippen LogP contribution >= 0.6 is 15.9 Å². The molecule has 0 spiro atoms. The van der Waals surface area contributed by atoms with Crippen molar-refractivity contribution in [2.24, 2.45) is 5.16 Å². The number of urea groups is 1. The molecule has 0 bridgehead atoms. The first-order valence-electron chi connectivity index (χ1n) is 4.96. The molecule has 0 radical (unpaired) electrons. The molecule has 0 unspecified atom stereocenters. The summed E-state index contributed by atoms with van der Waals surface area (Å²) in [5.41, 5.74) is -0.822. The number of anilines is 1. The van der Waals surface area contributed by atoms with Crippen molar-refractivity contribution in [1.82, 2.24) is 5.32 Å². The molecule has 0 aliphatic carbocycles. The molecule has 19 heavy (non-hydrogen) atoms. The lowest BCUT2D eigenvalue weighted by atomic mass is 10.1. The Bertz CT molecular complexity index is 569. The van der Waals surface area contributed by atoms with Crippen molar-refractivity contribution in [1.29, 1.82) is 0 Å². The third-order valence-corrected chi connectivity index (χ3v) is 2.93. The Balaban J connectivity index is 2.44. The fraction of sp³-hybridized carbons (Fsp3) is 0.100. The highest BCUT2D eigenvalue weighted by atomic mass is 79.9. The Hall–Kier alpha value is -1.97. The van der Waals surface area contributed by atoms with Crippen LogP contribution in [0.1, 0.15) is 0 Å². The van der Waals surface area contributed by atoms with Crippen LogP contribution in [-0.4, -0.2) is 39.0 Å². The summed E-state index contributed by atoms with van der Waals surface area (Å²) in [6.45, 7) is 0. The summed E-state index contributed by atoms with van der Waals surface area (Å²) < 4.78 is 0.732. The number of carbonyl (C=O) groups excluding carboxylic acids is 2. The van der Waals surface area contributed by atoms with Crippen molar-refractivity contribution in [2.75, 3.05) is 4.90 Å². The number of rotatable bonds is 1. The molecule has 2 rings (SSSR count). The summed E-state index contributed by atoms with van der Waals surface area (Å²) in [5, 5.41) is 31.6. The van der Waals surface area contributed by atoms with Gasteiger partial charge in [-0.3, -0.25) is 10.1 Å². The predicted octanol–water partition coefficient (Wildman–Crippen LogP) is -0.0261. The number of carbonyl (C=O) groups is 2. The molecule has 0 saturated carbocycles. The van der Waals surface area contributed by atoms with E-state index >= 15 is 0 Å². The van der Waals surface area contributed by atoms with E-state index in [-0.39, 0.29) is 5.69 Å². The van der Waals surface area contributed by atoms with Crippen molar-refractivity contribution < 1.29 is 25.0 Å². The molecule has 1 aromatic carbocycles. The van der Waals surface area contributed by atoms with Crippen LogP contribution in [0.15, 0.2) is 33.9 Å². The number of halogens is 1. The number of aliphatic hydroxyl groups is 2. The molecule has 1 aromatic rings. The highest BCUT2D eigenvalue weighted by Crippen LogP contribution is 2.22. The molecule has 1 aliphatic rings. The molecule has 8 nitrogen and oxygen atoms in total. The molecule has 1 fully saturated rings. The number of amides is 3. The number of hydrogen-bond donors (Lipinski definition) is 4. The molecule has 1 saturated heterocycles. The van der Waals surface area contributed by atoms with Crippen LogP contribution in [0.3, 0.4) is 0 Å². The Morgan fingerprint density at radius 3 is 2.32 bits per heavy atom. The highest BCUT2D eigenvalue weighted by Gasteiger charge is 2.48. The SMILES string of the molecule is O=C1NC(O)(O)/C(=N/O)C(=O)N1c1ccc(Br)cc1. The number of hydrogen-bond acceptors (Lipinski definition) is 6. The van der Waals surface area contributed by atoms with Crippen molar-refractivity contribution in [3.8, 4) is 0 Å². The maximum absolute atomic E-state index is 11.9. The van der Waals surface area contributed by atoms with Crippen LogP contribution in [-0.2, 0) is 4.79 Å². The van der Waals surface area contributed by atoms with E-state index in [0.29, 0.717) is 4.90 Å². The first kappa shape index (κ1) is 13.5.